The highest BCUT2D eigenvalue weighted by atomic mass is 16.5. The SMILES string of the molecule is COc1ccc([C@H](C)N2C(=O)[C@@H]3CCC[C@@H]32)cc1. The van der Waals surface area contributed by atoms with E-state index in [1.807, 2.05) is 12.1 Å². The summed E-state index contributed by atoms with van der Waals surface area (Å²) in [5, 5.41) is 0. The van der Waals surface area contributed by atoms with E-state index < -0.39 is 0 Å². The van der Waals surface area contributed by atoms with Crippen molar-refractivity contribution in [2.45, 2.75) is 38.3 Å². The van der Waals surface area contributed by atoms with Crippen molar-refractivity contribution >= 4 is 5.91 Å². The van der Waals surface area contributed by atoms with Crippen molar-refractivity contribution in [3.8, 4) is 5.75 Å². The molecule has 1 heterocycles. The van der Waals surface area contributed by atoms with Gasteiger partial charge in [0.15, 0.2) is 0 Å². The Labute approximate surface area is 108 Å². The molecule has 3 nitrogen and oxygen atoms in total. The molecule has 96 valence electrons. The number of ether oxygens (including phenoxy) is 1. The summed E-state index contributed by atoms with van der Waals surface area (Å²) < 4.78 is 5.16. The average molecular weight is 245 g/mol. The van der Waals surface area contributed by atoms with Crippen molar-refractivity contribution < 1.29 is 9.53 Å². The number of β-lactam (4-membered cyclic amide) rings is 1. The normalized spacial score (nSPS) is 27.7. The molecule has 0 unspecified atom stereocenters. The summed E-state index contributed by atoms with van der Waals surface area (Å²) in [4.78, 5) is 14.2. The first-order valence-corrected chi connectivity index (χ1v) is 6.68. The van der Waals surface area contributed by atoms with Crippen LogP contribution in [-0.4, -0.2) is 24.0 Å². The van der Waals surface area contributed by atoms with E-state index >= 15 is 0 Å². The molecule has 0 radical (unpaired) electrons. The number of carbonyl (C=O) groups excluding carboxylic acids is 1. The minimum Gasteiger partial charge on any atom is -0.497 e. The molecule has 1 aliphatic carbocycles. The second-order valence-corrected chi connectivity index (χ2v) is 5.30. The van der Waals surface area contributed by atoms with Gasteiger partial charge in [-0.3, -0.25) is 4.79 Å². The Morgan fingerprint density at radius 1 is 1.28 bits per heavy atom. The highest BCUT2D eigenvalue weighted by Crippen LogP contribution is 2.44. The highest BCUT2D eigenvalue weighted by molar-refractivity contribution is 5.87. The molecular weight excluding hydrogens is 226 g/mol. The maximum absolute atomic E-state index is 12.1. The maximum Gasteiger partial charge on any atom is 0.228 e. The van der Waals surface area contributed by atoms with Gasteiger partial charge < -0.3 is 9.64 Å². The van der Waals surface area contributed by atoms with Gasteiger partial charge in [-0.25, -0.2) is 0 Å². The van der Waals surface area contributed by atoms with Crippen LogP contribution in [0.4, 0.5) is 0 Å². The summed E-state index contributed by atoms with van der Waals surface area (Å²) in [7, 11) is 1.67. The number of hydrogen-bond donors (Lipinski definition) is 0. The molecule has 0 N–H and O–H groups in total. The fourth-order valence-corrected chi connectivity index (χ4v) is 3.36. The Morgan fingerprint density at radius 2 is 2.00 bits per heavy atom. The molecule has 1 aromatic carbocycles. The standard InChI is InChI=1S/C15H19NO2/c1-10(11-6-8-12(18-2)9-7-11)16-14-5-3-4-13(14)15(16)17/h6-10,13-14H,3-5H2,1-2H3/t10-,13+,14-/m0/s1. The predicted octanol–water partition coefficient (Wildman–Crippen LogP) is 2.77. The van der Waals surface area contributed by atoms with Crippen LogP contribution in [0.15, 0.2) is 24.3 Å². The first-order chi connectivity index (χ1) is 8.72. The van der Waals surface area contributed by atoms with Crippen molar-refractivity contribution in [3.63, 3.8) is 0 Å². The van der Waals surface area contributed by atoms with Crippen LogP contribution >= 0.6 is 0 Å². The Morgan fingerprint density at radius 3 is 2.67 bits per heavy atom. The van der Waals surface area contributed by atoms with Gasteiger partial charge in [0, 0.05) is 6.04 Å². The lowest BCUT2D eigenvalue weighted by Crippen LogP contribution is -2.58. The van der Waals surface area contributed by atoms with Crippen molar-refractivity contribution in [2.75, 3.05) is 7.11 Å². The Balaban J connectivity index is 1.77. The lowest BCUT2D eigenvalue weighted by molar-refractivity contribution is -0.157. The third kappa shape index (κ3) is 1.61. The van der Waals surface area contributed by atoms with Gasteiger partial charge >= 0.3 is 0 Å². The zero-order valence-electron chi connectivity index (χ0n) is 10.9. The van der Waals surface area contributed by atoms with E-state index in [0.29, 0.717) is 17.9 Å². The number of amides is 1. The number of likely N-dealkylation sites (tertiary alicyclic amines) is 1. The van der Waals surface area contributed by atoms with E-state index in [2.05, 4.69) is 24.0 Å². The van der Waals surface area contributed by atoms with Crippen LogP contribution in [0.25, 0.3) is 0 Å². The maximum atomic E-state index is 12.1. The summed E-state index contributed by atoms with van der Waals surface area (Å²) in [6.45, 7) is 2.12. The van der Waals surface area contributed by atoms with Crippen LogP contribution < -0.4 is 4.74 Å². The second kappa shape index (κ2) is 4.30. The summed E-state index contributed by atoms with van der Waals surface area (Å²) in [6, 6.07) is 8.71. The molecule has 3 rings (SSSR count). The third-order valence-electron chi connectivity index (χ3n) is 4.42. The first kappa shape index (κ1) is 11.6. The smallest absolute Gasteiger partial charge is 0.228 e. The molecule has 1 saturated heterocycles. The minimum atomic E-state index is 0.183. The van der Waals surface area contributed by atoms with Crippen molar-refractivity contribution in [2.24, 2.45) is 5.92 Å². The number of nitrogens with zero attached hydrogens (tertiary/aromatic N) is 1. The second-order valence-electron chi connectivity index (χ2n) is 5.30. The lowest BCUT2D eigenvalue weighted by atomic mass is 9.87. The molecule has 2 aliphatic rings. The molecule has 3 atom stereocenters. The van der Waals surface area contributed by atoms with Crippen LogP contribution in [-0.2, 0) is 4.79 Å². The third-order valence-corrected chi connectivity index (χ3v) is 4.42. The van der Waals surface area contributed by atoms with E-state index in [1.54, 1.807) is 7.11 Å². The molecule has 1 amide bonds. The van der Waals surface area contributed by atoms with Gasteiger partial charge in [-0.1, -0.05) is 18.6 Å². The fraction of sp³-hybridized carbons (Fsp3) is 0.533. The molecule has 18 heavy (non-hydrogen) atoms. The lowest BCUT2D eigenvalue weighted by Gasteiger charge is -2.47. The first-order valence-electron chi connectivity index (χ1n) is 6.68. The molecule has 1 saturated carbocycles. The molecule has 0 aromatic heterocycles. The van der Waals surface area contributed by atoms with Gasteiger partial charge in [0.25, 0.3) is 0 Å². The number of methoxy groups -OCH3 is 1. The van der Waals surface area contributed by atoms with Gasteiger partial charge in [0.05, 0.1) is 19.1 Å². The van der Waals surface area contributed by atoms with Crippen molar-refractivity contribution in [1.29, 1.82) is 0 Å². The van der Waals surface area contributed by atoms with E-state index in [4.69, 9.17) is 4.74 Å². The number of rotatable bonds is 3. The Hall–Kier alpha value is -1.51. The Kier molecular flexibility index (Phi) is 2.77. The van der Waals surface area contributed by atoms with Gasteiger partial charge in [-0.2, -0.15) is 0 Å². The van der Waals surface area contributed by atoms with E-state index in [9.17, 15) is 4.79 Å². The number of carbonyl (C=O) groups is 1. The summed E-state index contributed by atoms with van der Waals surface area (Å²) in [5.74, 6) is 1.53. The van der Waals surface area contributed by atoms with Crippen molar-refractivity contribution in [3.05, 3.63) is 29.8 Å². The number of benzene rings is 1. The molecule has 0 spiro atoms. The van der Waals surface area contributed by atoms with Crippen molar-refractivity contribution in [1.82, 2.24) is 4.90 Å². The molecule has 2 fully saturated rings. The largest absolute Gasteiger partial charge is 0.497 e. The topological polar surface area (TPSA) is 29.5 Å². The van der Waals surface area contributed by atoms with E-state index in [0.717, 1.165) is 12.2 Å². The van der Waals surface area contributed by atoms with Gasteiger partial charge in [-0.15, -0.1) is 0 Å². The average Bonchev–Trinajstić information content (AvgIpc) is 2.82. The van der Waals surface area contributed by atoms with Crippen LogP contribution in [0, 0.1) is 5.92 Å². The zero-order valence-corrected chi connectivity index (χ0v) is 10.9. The predicted molar refractivity (Wildman–Crippen MR) is 69.4 cm³/mol. The highest BCUT2D eigenvalue weighted by Gasteiger charge is 2.51. The summed E-state index contributed by atoms with van der Waals surface area (Å²) in [5.41, 5.74) is 1.19. The van der Waals surface area contributed by atoms with Crippen LogP contribution in [0.1, 0.15) is 37.8 Å². The molecule has 1 aliphatic heterocycles. The van der Waals surface area contributed by atoms with E-state index in [1.165, 1.54) is 18.4 Å². The molecular formula is C15H19NO2. The van der Waals surface area contributed by atoms with Crippen LogP contribution in [0.3, 0.4) is 0 Å². The van der Waals surface area contributed by atoms with Gasteiger partial charge in [0.1, 0.15) is 5.75 Å². The molecule has 1 aromatic rings. The van der Waals surface area contributed by atoms with Gasteiger partial charge in [0.2, 0.25) is 5.91 Å². The molecule has 3 heteroatoms. The summed E-state index contributed by atoms with van der Waals surface area (Å²) >= 11 is 0. The number of fused-ring (bicyclic) bond motifs is 1. The van der Waals surface area contributed by atoms with Gasteiger partial charge in [-0.05, 0) is 37.5 Å². The zero-order chi connectivity index (χ0) is 12.7. The van der Waals surface area contributed by atoms with E-state index in [-0.39, 0.29) is 6.04 Å². The quantitative estimate of drug-likeness (QED) is 0.766. The minimum absolute atomic E-state index is 0.183. The molecule has 0 bridgehead atoms. The van der Waals surface area contributed by atoms with Crippen LogP contribution in [0.5, 0.6) is 5.75 Å². The van der Waals surface area contributed by atoms with Crippen LogP contribution in [0.2, 0.25) is 0 Å². The Bertz CT molecular complexity index is 454. The summed E-state index contributed by atoms with van der Waals surface area (Å²) in [6.07, 6.45) is 3.47. The number of hydrogen-bond acceptors (Lipinski definition) is 2. The fourth-order valence-electron chi connectivity index (χ4n) is 3.36. The monoisotopic (exact) mass is 245 g/mol.